The van der Waals surface area contributed by atoms with E-state index in [1.54, 1.807) is 24.3 Å². The largest absolute Gasteiger partial charge is 0.325 e. The quantitative estimate of drug-likeness (QED) is 0.755. The van der Waals surface area contributed by atoms with E-state index in [0.29, 0.717) is 15.7 Å². The van der Waals surface area contributed by atoms with E-state index in [1.165, 1.54) is 38.1 Å². The van der Waals surface area contributed by atoms with Gasteiger partial charge in [-0.3, -0.25) is 4.79 Å². The summed E-state index contributed by atoms with van der Waals surface area (Å²) in [7, 11) is -0.584. The summed E-state index contributed by atoms with van der Waals surface area (Å²) < 4.78 is 25.1. The van der Waals surface area contributed by atoms with E-state index in [4.69, 9.17) is 11.6 Å². The molecule has 0 aliphatic carbocycles. The summed E-state index contributed by atoms with van der Waals surface area (Å²) in [5, 5.41) is 3.99. The van der Waals surface area contributed by atoms with Crippen LogP contribution in [0.3, 0.4) is 0 Å². The zero-order valence-corrected chi connectivity index (χ0v) is 16.4. The molecule has 0 saturated heterocycles. The molecule has 0 spiro atoms. The van der Waals surface area contributed by atoms with E-state index >= 15 is 0 Å². The van der Waals surface area contributed by atoms with Crippen molar-refractivity contribution < 1.29 is 13.2 Å². The summed E-state index contributed by atoms with van der Waals surface area (Å²) >= 11 is 7.11. The van der Waals surface area contributed by atoms with Crippen molar-refractivity contribution in [3.05, 3.63) is 47.1 Å². The number of anilines is 1. The van der Waals surface area contributed by atoms with Crippen LogP contribution in [0.25, 0.3) is 0 Å². The number of benzene rings is 1. The second-order valence-corrected chi connectivity index (χ2v) is 9.00. The highest BCUT2D eigenvalue weighted by Crippen LogP contribution is 2.21. The molecule has 2 rings (SSSR count). The highest BCUT2D eigenvalue weighted by molar-refractivity contribution is 7.99. The molecule has 25 heavy (non-hydrogen) atoms. The molecule has 1 heterocycles. The summed E-state index contributed by atoms with van der Waals surface area (Å²) in [6, 6.07) is 8.30. The number of halogens is 1. The number of amides is 1. The van der Waals surface area contributed by atoms with Crippen LogP contribution in [0, 0.1) is 6.92 Å². The first-order valence-electron chi connectivity index (χ1n) is 7.27. The van der Waals surface area contributed by atoms with E-state index in [2.05, 4.69) is 10.3 Å². The Bertz CT molecular complexity index is 869. The van der Waals surface area contributed by atoms with Crippen molar-refractivity contribution in [3.63, 3.8) is 0 Å². The number of sulfonamides is 1. The van der Waals surface area contributed by atoms with Crippen LogP contribution in [-0.4, -0.2) is 43.5 Å². The standard InChI is InChI=1S/C16H18ClN3O3S2/c1-11-8-12(17)4-6-14(11)19-15(21)10-24-16-7-5-13(9-18-16)25(22,23)20(2)3/h4-9H,10H2,1-3H3,(H,19,21). The van der Waals surface area contributed by atoms with Gasteiger partial charge in [0.15, 0.2) is 0 Å². The molecule has 0 aliphatic rings. The Morgan fingerprint density at radius 2 is 2.00 bits per heavy atom. The van der Waals surface area contributed by atoms with E-state index in [-0.39, 0.29) is 16.6 Å². The molecule has 0 atom stereocenters. The fourth-order valence-corrected chi connectivity index (χ4v) is 3.63. The third kappa shape index (κ3) is 5.18. The average molecular weight is 400 g/mol. The zero-order valence-electron chi connectivity index (χ0n) is 14.0. The number of aryl methyl sites for hydroxylation is 1. The number of aromatic nitrogens is 1. The van der Waals surface area contributed by atoms with Gasteiger partial charge in [0.25, 0.3) is 0 Å². The van der Waals surface area contributed by atoms with Crippen LogP contribution in [0.4, 0.5) is 5.69 Å². The Kier molecular flexibility index (Phi) is 6.45. The molecule has 1 N–H and O–H groups in total. The molecule has 9 heteroatoms. The third-order valence-corrected chi connectivity index (χ3v) is 6.28. The number of rotatable bonds is 6. The normalized spacial score (nSPS) is 11.6. The van der Waals surface area contributed by atoms with Crippen LogP contribution in [0.5, 0.6) is 0 Å². The number of hydrogen-bond donors (Lipinski definition) is 1. The summed E-state index contributed by atoms with van der Waals surface area (Å²) in [5.41, 5.74) is 1.58. The number of nitrogens with zero attached hydrogens (tertiary/aromatic N) is 2. The number of carbonyl (C=O) groups is 1. The predicted molar refractivity (Wildman–Crippen MR) is 101 cm³/mol. The van der Waals surface area contributed by atoms with E-state index in [9.17, 15) is 13.2 Å². The first-order valence-corrected chi connectivity index (χ1v) is 10.1. The summed E-state index contributed by atoms with van der Waals surface area (Å²) in [4.78, 5) is 16.3. The molecule has 1 aromatic carbocycles. The molecule has 6 nitrogen and oxygen atoms in total. The number of carbonyl (C=O) groups excluding carboxylic acids is 1. The van der Waals surface area contributed by atoms with Gasteiger partial charge in [-0.1, -0.05) is 23.4 Å². The lowest BCUT2D eigenvalue weighted by molar-refractivity contribution is -0.113. The monoisotopic (exact) mass is 399 g/mol. The molecule has 0 aliphatic heterocycles. The number of pyridine rings is 1. The second-order valence-electron chi connectivity index (χ2n) is 5.42. The lowest BCUT2D eigenvalue weighted by atomic mass is 10.2. The molecule has 134 valence electrons. The molecule has 1 aromatic heterocycles. The average Bonchev–Trinajstić information content (AvgIpc) is 2.56. The fraction of sp³-hybridized carbons (Fsp3) is 0.250. The molecular weight excluding hydrogens is 382 g/mol. The fourth-order valence-electron chi connectivity index (χ4n) is 1.91. The van der Waals surface area contributed by atoms with Crippen LogP contribution in [0.2, 0.25) is 5.02 Å². The second kappa shape index (κ2) is 8.18. The van der Waals surface area contributed by atoms with Crippen LogP contribution in [-0.2, 0) is 14.8 Å². The minimum atomic E-state index is -3.50. The van der Waals surface area contributed by atoms with Gasteiger partial charge in [0, 0.05) is 31.0 Å². The molecule has 0 unspecified atom stereocenters. The smallest absolute Gasteiger partial charge is 0.244 e. The van der Waals surface area contributed by atoms with Crippen molar-refractivity contribution in [2.45, 2.75) is 16.8 Å². The van der Waals surface area contributed by atoms with Gasteiger partial charge < -0.3 is 5.32 Å². The number of nitrogens with one attached hydrogen (secondary N) is 1. The predicted octanol–water partition coefficient (Wildman–Crippen LogP) is 3.02. The van der Waals surface area contributed by atoms with Crippen molar-refractivity contribution in [3.8, 4) is 0 Å². The lowest BCUT2D eigenvalue weighted by Crippen LogP contribution is -2.22. The van der Waals surface area contributed by atoms with Gasteiger partial charge in [0.1, 0.15) is 4.90 Å². The molecule has 0 bridgehead atoms. The summed E-state index contributed by atoms with van der Waals surface area (Å²) in [6.07, 6.45) is 1.29. The van der Waals surface area contributed by atoms with Crippen LogP contribution < -0.4 is 5.32 Å². The van der Waals surface area contributed by atoms with Gasteiger partial charge in [-0.2, -0.15) is 0 Å². The SMILES string of the molecule is Cc1cc(Cl)ccc1NC(=O)CSc1ccc(S(=O)(=O)N(C)C)cn1. The first kappa shape index (κ1) is 19.7. The van der Waals surface area contributed by atoms with Crippen molar-refractivity contribution in [1.82, 2.24) is 9.29 Å². The first-order chi connectivity index (χ1) is 11.7. The van der Waals surface area contributed by atoms with Gasteiger partial charge in [-0.05, 0) is 42.8 Å². The van der Waals surface area contributed by atoms with Crippen molar-refractivity contribution in [1.29, 1.82) is 0 Å². The van der Waals surface area contributed by atoms with Gasteiger partial charge in [0.2, 0.25) is 15.9 Å². The third-order valence-electron chi connectivity index (χ3n) is 3.30. The maximum absolute atomic E-state index is 12.0. The van der Waals surface area contributed by atoms with Gasteiger partial charge in [-0.15, -0.1) is 0 Å². The Hall–Kier alpha value is -1.61. The Morgan fingerprint density at radius 3 is 2.56 bits per heavy atom. The van der Waals surface area contributed by atoms with Gasteiger partial charge in [-0.25, -0.2) is 17.7 Å². The van der Waals surface area contributed by atoms with E-state index in [1.807, 2.05) is 6.92 Å². The topological polar surface area (TPSA) is 79.4 Å². The molecule has 0 radical (unpaired) electrons. The van der Waals surface area contributed by atoms with E-state index < -0.39 is 10.0 Å². The minimum absolute atomic E-state index is 0.114. The molecule has 1 amide bonds. The van der Waals surface area contributed by atoms with Gasteiger partial charge >= 0.3 is 0 Å². The van der Waals surface area contributed by atoms with Crippen molar-refractivity contribution in [2.24, 2.45) is 0 Å². The van der Waals surface area contributed by atoms with Gasteiger partial charge in [0.05, 0.1) is 10.8 Å². The maximum atomic E-state index is 12.0. The Morgan fingerprint density at radius 1 is 1.28 bits per heavy atom. The highest BCUT2D eigenvalue weighted by atomic mass is 35.5. The Labute approximate surface area is 156 Å². The van der Waals surface area contributed by atoms with Crippen LogP contribution >= 0.6 is 23.4 Å². The lowest BCUT2D eigenvalue weighted by Gasteiger charge is -2.11. The minimum Gasteiger partial charge on any atom is -0.325 e. The maximum Gasteiger partial charge on any atom is 0.244 e. The van der Waals surface area contributed by atoms with E-state index in [0.717, 1.165) is 9.87 Å². The molecule has 0 saturated carbocycles. The summed E-state index contributed by atoms with van der Waals surface area (Å²) in [5.74, 6) is -0.0170. The number of hydrogen-bond acceptors (Lipinski definition) is 5. The van der Waals surface area contributed by atoms with Crippen molar-refractivity contribution in [2.75, 3.05) is 25.2 Å². The summed E-state index contributed by atoms with van der Waals surface area (Å²) in [6.45, 7) is 1.86. The molecular formula is C16H18ClN3O3S2. The molecule has 0 fully saturated rings. The molecule has 2 aromatic rings. The van der Waals surface area contributed by atoms with Crippen molar-refractivity contribution >= 4 is 45.0 Å². The van der Waals surface area contributed by atoms with Crippen LogP contribution in [0.15, 0.2) is 46.5 Å². The number of thioether (sulfide) groups is 1. The Balaban J connectivity index is 1.96. The zero-order chi connectivity index (χ0) is 18.6. The highest BCUT2D eigenvalue weighted by Gasteiger charge is 2.17. The van der Waals surface area contributed by atoms with Crippen LogP contribution in [0.1, 0.15) is 5.56 Å².